The molecule has 0 saturated heterocycles. The summed E-state index contributed by atoms with van der Waals surface area (Å²) in [7, 11) is 0. The number of nitrogens with zero attached hydrogens (tertiary/aromatic N) is 2. The number of rotatable bonds is 6. The maximum Gasteiger partial charge on any atom is 2.00 e. The number of pyridine rings is 2. The molecular weight excluding hydrogens is 829 g/mol. The van der Waals surface area contributed by atoms with Crippen LogP contribution in [0.4, 0.5) is 13.2 Å². The van der Waals surface area contributed by atoms with Gasteiger partial charge in [-0.3, -0.25) is 0 Å². The minimum atomic E-state index is -4.35. The van der Waals surface area contributed by atoms with Crippen LogP contribution in [0.25, 0.3) is 44.4 Å². The number of benzene rings is 4. The Morgan fingerprint density at radius 2 is 1.41 bits per heavy atom. The third kappa shape index (κ3) is 7.19. The summed E-state index contributed by atoms with van der Waals surface area (Å²) in [6.07, 6.45) is -0.969. The third-order valence-corrected chi connectivity index (χ3v) is 9.17. The number of hydrogen-bond acceptors (Lipinski definition) is 4. The van der Waals surface area contributed by atoms with Crippen molar-refractivity contribution < 1.29 is 43.7 Å². The standard InChI is InChI=1S/C43H37F3N2O2.Pt/c1-25-15-29(36-23-31(11-13-47-36)41(3,4)5)21-32(17-25)49-33-18-26(2)16-30(22-33)39-40-35(12-14-48-39)34-10-8-9-28-19-27(20-37(50-40)38(28)34)24-42(6,7)43(44,45)46;/h8-20,23H,24H2,1-7H3;/q-2;+2. The predicted molar refractivity (Wildman–Crippen MR) is 192 cm³/mol. The first-order chi connectivity index (χ1) is 23.6. The van der Waals surface area contributed by atoms with Gasteiger partial charge in [0.2, 0.25) is 0 Å². The Morgan fingerprint density at radius 1 is 0.745 bits per heavy atom. The number of fused-ring (bicyclic) bond motifs is 2. The second-order valence-corrected chi connectivity index (χ2v) is 14.8. The average Bonchev–Trinajstić information content (AvgIpc) is 3.03. The Labute approximate surface area is 311 Å². The van der Waals surface area contributed by atoms with E-state index in [1.807, 2.05) is 80.7 Å². The van der Waals surface area contributed by atoms with Crippen molar-refractivity contribution in [2.45, 2.75) is 66.5 Å². The molecule has 51 heavy (non-hydrogen) atoms. The summed E-state index contributed by atoms with van der Waals surface area (Å²) in [5.41, 5.74) is 6.36. The van der Waals surface area contributed by atoms with E-state index in [0.29, 0.717) is 39.8 Å². The van der Waals surface area contributed by atoms with E-state index in [9.17, 15) is 13.2 Å². The summed E-state index contributed by atoms with van der Waals surface area (Å²) in [5, 5.41) is 1.68. The van der Waals surface area contributed by atoms with Gasteiger partial charge in [0.25, 0.3) is 0 Å². The first-order valence-corrected chi connectivity index (χ1v) is 16.6. The molecule has 2 aromatic heterocycles. The van der Waals surface area contributed by atoms with Gasteiger partial charge in [-0.25, -0.2) is 0 Å². The van der Waals surface area contributed by atoms with Crippen molar-refractivity contribution >= 4 is 10.8 Å². The Kier molecular flexibility index (Phi) is 9.43. The number of aromatic nitrogens is 2. The van der Waals surface area contributed by atoms with Crippen molar-refractivity contribution in [1.29, 1.82) is 0 Å². The van der Waals surface area contributed by atoms with Crippen molar-refractivity contribution in [3.63, 3.8) is 0 Å². The minimum Gasteiger partial charge on any atom is -0.497 e. The molecule has 0 spiro atoms. The Hall–Kier alpha value is -4.48. The summed E-state index contributed by atoms with van der Waals surface area (Å²) in [6, 6.07) is 30.0. The molecule has 1 aliphatic heterocycles. The van der Waals surface area contributed by atoms with Crippen LogP contribution in [0.15, 0.2) is 85.2 Å². The van der Waals surface area contributed by atoms with Gasteiger partial charge in [0.1, 0.15) is 11.5 Å². The average molecular weight is 866 g/mol. The van der Waals surface area contributed by atoms with Gasteiger partial charge in [-0.1, -0.05) is 103 Å². The van der Waals surface area contributed by atoms with Crippen molar-refractivity contribution in [2.75, 3.05) is 0 Å². The van der Waals surface area contributed by atoms with Crippen LogP contribution in [0.2, 0.25) is 0 Å². The predicted octanol–water partition coefficient (Wildman–Crippen LogP) is 12.2. The number of aryl methyl sites for hydroxylation is 2. The zero-order valence-corrected chi connectivity index (χ0v) is 31.7. The molecule has 0 radical (unpaired) electrons. The van der Waals surface area contributed by atoms with Gasteiger partial charge >= 0.3 is 27.2 Å². The molecule has 7 rings (SSSR count). The molecule has 0 bridgehead atoms. The number of ether oxygens (including phenoxy) is 2. The van der Waals surface area contributed by atoms with Gasteiger partial charge < -0.3 is 19.4 Å². The maximum atomic E-state index is 13.8. The van der Waals surface area contributed by atoms with Crippen LogP contribution in [0.5, 0.6) is 23.0 Å². The zero-order valence-electron chi connectivity index (χ0n) is 29.5. The molecule has 3 heterocycles. The van der Waals surface area contributed by atoms with E-state index in [1.165, 1.54) is 19.4 Å². The van der Waals surface area contributed by atoms with Gasteiger partial charge in [0.05, 0.1) is 5.41 Å². The molecule has 0 aliphatic carbocycles. The fourth-order valence-electron chi connectivity index (χ4n) is 6.43. The van der Waals surface area contributed by atoms with Crippen molar-refractivity contribution in [3.8, 4) is 56.6 Å². The van der Waals surface area contributed by atoms with Crippen LogP contribution in [0, 0.1) is 31.4 Å². The number of alkyl halides is 3. The number of halogens is 3. The molecule has 0 amide bonds. The van der Waals surface area contributed by atoms with Crippen LogP contribution in [0.1, 0.15) is 56.9 Å². The van der Waals surface area contributed by atoms with Gasteiger partial charge in [0.15, 0.2) is 0 Å². The molecule has 0 saturated carbocycles. The molecule has 8 heteroatoms. The third-order valence-electron chi connectivity index (χ3n) is 9.17. The van der Waals surface area contributed by atoms with Crippen LogP contribution in [0.3, 0.4) is 0 Å². The summed E-state index contributed by atoms with van der Waals surface area (Å²) < 4.78 is 54.5. The van der Waals surface area contributed by atoms with Gasteiger partial charge in [-0.2, -0.15) is 13.2 Å². The van der Waals surface area contributed by atoms with E-state index in [0.717, 1.165) is 44.3 Å². The molecular formula is C43H37F3N2O2Pt. The van der Waals surface area contributed by atoms with Gasteiger partial charge in [-0.05, 0) is 57.8 Å². The summed E-state index contributed by atoms with van der Waals surface area (Å²) in [5.74, 6) is 2.04. The van der Waals surface area contributed by atoms with E-state index in [4.69, 9.17) is 14.5 Å². The molecule has 6 aromatic rings. The van der Waals surface area contributed by atoms with Gasteiger partial charge in [0, 0.05) is 40.5 Å². The summed E-state index contributed by atoms with van der Waals surface area (Å²) in [4.78, 5) is 9.34. The minimum absolute atomic E-state index is 0. The van der Waals surface area contributed by atoms with E-state index < -0.39 is 11.6 Å². The second-order valence-electron chi connectivity index (χ2n) is 14.8. The Bertz CT molecular complexity index is 2290. The largest absolute Gasteiger partial charge is 2.00 e. The summed E-state index contributed by atoms with van der Waals surface area (Å²) >= 11 is 0. The van der Waals surface area contributed by atoms with E-state index in [-0.39, 0.29) is 32.9 Å². The quantitative estimate of drug-likeness (QED) is 0.156. The molecule has 0 N–H and O–H groups in total. The summed E-state index contributed by atoms with van der Waals surface area (Å²) in [6.45, 7) is 12.9. The van der Waals surface area contributed by atoms with Crippen LogP contribution in [-0.4, -0.2) is 16.1 Å². The number of hydrogen-bond donors (Lipinski definition) is 0. The Balaban J connectivity index is 0.00000448. The first kappa shape index (κ1) is 36.3. The fraction of sp³-hybridized carbons (Fsp3) is 0.256. The smallest absolute Gasteiger partial charge is 0.497 e. The molecule has 0 atom stereocenters. The molecule has 262 valence electrons. The molecule has 4 nitrogen and oxygen atoms in total. The Morgan fingerprint density at radius 3 is 2.10 bits per heavy atom. The fourth-order valence-corrected chi connectivity index (χ4v) is 6.43. The van der Waals surface area contributed by atoms with Crippen LogP contribution in [-0.2, 0) is 32.9 Å². The monoisotopic (exact) mass is 865 g/mol. The van der Waals surface area contributed by atoms with Crippen molar-refractivity contribution in [2.24, 2.45) is 5.41 Å². The molecule has 0 fully saturated rings. The van der Waals surface area contributed by atoms with Crippen LogP contribution >= 0.6 is 0 Å². The van der Waals surface area contributed by atoms with E-state index >= 15 is 0 Å². The first-order valence-electron chi connectivity index (χ1n) is 16.6. The second kappa shape index (κ2) is 13.2. The van der Waals surface area contributed by atoms with Crippen LogP contribution < -0.4 is 9.47 Å². The van der Waals surface area contributed by atoms with E-state index in [2.05, 4.69) is 44.0 Å². The molecule has 4 aromatic carbocycles. The van der Waals surface area contributed by atoms with Crippen molar-refractivity contribution in [3.05, 3.63) is 120 Å². The molecule has 0 unspecified atom stereocenters. The zero-order chi connectivity index (χ0) is 35.6. The maximum absolute atomic E-state index is 13.8. The van der Waals surface area contributed by atoms with E-state index in [1.54, 1.807) is 12.3 Å². The normalized spacial score (nSPS) is 12.6. The molecule has 1 aliphatic rings. The topological polar surface area (TPSA) is 44.2 Å². The van der Waals surface area contributed by atoms with Crippen molar-refractivity contribution in [1.82, 2.24) is 9.97 Å². The SMILES string of the molecule is Cc1cc(Oc2[c-]c(-c3nccc4c3Oc3cc(CC(C)(C)C(F)(F)F)cc5cccc-4c35)cc(C)c2)[c-]c(-c2cc(C(C)(C)C)ccn2)c1.[Pt+2]. The van der Waals surface area contributed by atoms with Gasteiger partial charge in [-0.15, -0.1) is 34.4 Å².